The number of carbonyl (C=O) groups excluding carboxylic acids is 1. The number of amides is 1. The van der Waals surface area contributed by atoms with Gasteiger partial charge in [-0.05, 0) is 37.3 Å². The number of para-hydroxylation sites is 3. The average molecular weight is 434 g/mol. The molecule has 6 nitrogen and oxygen atoms in total. The van der Waals surface area contributed by atoms with E-state index in [2.05, 4.69) is 5.32 Å². The molecule has 2 aromatic carbocycles. The highest BCUT2D eigenvalue weighted by molar-refractivity contribution is 8.00. The minimum atomic E-state index is -0.346. The van der Waals surface area contributed by atoms with Gasteiger partial charge in [0.2, 0.25) is 5.91 Å². The van der Waals surface area contributed by atoms with Crippen molar-refractivity contribution in [3.63, 3.8) is 0 Å². The number of aromatic nitrogens is 2. The molecule has 0 radical (unpaired) electrons. The predicted octanol–water partition coefficient (Wildman–Crippen LogP) is 4.62. The van der Waals surface area contributed by atoms with Crippen molar-refractivity contribution in [3.05, 3.63) is 83.9 Å². The van der Waals surface area contributed by atoms with Crippen molar-refractivity contribution in [2.24, 2.45) is 0 Å². The molecule has 7 heteroatoms. The molecule has 2 heterocycles. The van der Waals surface area contributed by atoms with Gasteiger partial charge in [0.15, 0.2) is 0 Å². The van der Waals surface area contributed by atoms with Gasteiger partial charge >= 0.3 is 0 Å². The number of rotatable bonds is 8. The standard InChI is InChI=1S/C24H23N3O3S/c1-16(23(28)25-15-18-9-7-13-30-18)31-24-21(14-17-8-3-6-12-22(17)29-2)26-19-10-4-5-11-20(19)27-24/h3-13,16H,14-15H2,1-2H3,(H,25,28). The zero-order valence-corrected chi connectivity index (χ0v) is 18.2. The van der Waals surface area contributed by atoms with E-state index in [0.717, 1.165) is 33.1 Å². The number of benzene rings is 2. The third-order valence-corrected chi connectivity index (χ3v) is 5.95. The second-order valence-electron chi connectivity index (χ2n) is 7.01. The van der Waals surface area contributed by atoms with Crippen molar-refractivity contribution in [3.8, 4) is 5.75 Å². The fourth-order valence-electron chi connectivity index (χ4n) is 3.21. The fourth-order valence-corrected chi connectivity index (χ4v) is 4.14. The topological polar surface area (TPSA) is 77.2 Å². The number of fused-ring (bicyclic) bond motifs is 1. The summed E-state index contributed by atoms with van der Waals surface area (Å²) in [6.07, 6.45) is 2.15. The molecule has 2 aromatic heterocycles. The number of hydrogen-bond donors (Lipinski definition) is 1. The molecule has 0 saturated heterocycles. The van der Waals surface area contributed by atoms with E-state index >= 15 is 0 Å². The third kappa shape index (κ3) is 5.06. The van der Waals surface area contributed by atoms with Gasteiger partial charge in [0.05, 0.1) is 41.9 Å². The van der Waals surface area contributed by atoms with E-state index in [9.17, 15) is 4.79 Å². The largest absolute Gasteiger partial charge is 0.496 e. The number of ether oxygens (including phenoxy) is 1. The SMILES string of the molecule is COc1ccccc1Cc1nc2ccccc2nc1SC(C)C(=O)NCc1ccco1. The molecule has 31 heavy (non-hydrogen) atoms. The van der Waals surface area contributed by atoms with Crippen molar-refractivity contribution in [1.82, 2.24) is 15.3 Å². The van der Waals surface area contributed by atoms with Gasteiger partial charge in [-0.1, -0.05) is 42.1 Å². The van der Waals surface area contributed by atoms with Crippen molar-refractivity contribution < 1.29 is 13.9 Å². The average Bonchev–Trinajstić information content (AvgIpc) is 3.32. The Balaban J connectivity index is 1.59. The van der Waals surface area contributed by atoms with Gasteiger partial charge in [0, 0.05) is 12.0 Å². The van der Waals surface area contributed by atoms with E-state index < -0.39 is 0 Å². The maximum absolute atomic E-state index is 12.6. The molecule has 1 amide bonds. The Morgan fingerprint density at radius 2 is 1.81 bits per heavy atom. The number of hydrogen-bond acceptors (Lipinski definition) is 6. The summed E-state index contributed by atoms with van der Waals surface area (Å²) in [7, 11) is 1.66. The van der Waals surface area contributed by atoms with Crippen molar-refractivity contribution >= 4 is 28.7 Å². The van der Waals surface area contributed by atoms with Gasteiger partial charge in [-0.3, -0.25) is 4.79 Å². The Morgan fingerprint density at radius 1 is 1.06 bits per heavy atom. The summed E-state index contributed by atoms with van der Waals surface area (Å²) in [6, 6.07) is 19.3. The quantitative estimate of drug-likeness (QED) is 0.409. The maximum atomic E-state index is 12.6. The van der Waals surface area contributed by atoms with Crippen LogP contribution >= 0.6 is 11.8 Å². The van der Waals surface area contributed by atoms with Crippen LogP contribution in [0.5, 0.6) is 5.75 Å². The Bertz CT molecular complexity index is 1180. The van der Waals surface area contributed by atoms with E-state index in [1.807, 2.05) is 61.5 Å². The van der Waals surface area contributed by atoms with Gasteiger partial charge in [-0.15, -0.1) is 0 Å². The molecule has 4 aromatic rings. The lowest BCUT2D eigenvalue weighted by atomic mass is 10.1. The first-order valence-corrected chi connectivity index (χ1v) is 10.9. The summed E-state index contributed by atoms with van der Waals surface area (Å²) in [5.74, 6) is 1.44. The first-order chi connectivity index (χ1) is 15.1. The lowest BCUT2D eigenvalue weighted by molar-refractivity contribution is -0.120. The number of thioether (sulfide) groups is 1. The summed E-state index contributed by atoms with van der Waals surface area (Å²) in [5.41, 5.74) is 3.47. The Kier molecular flexibility index (Phi) is 6.52. The minimum absolute atomic E-state index is 0.0837. The van der Waals surface area contributed by atoms with Gasteiger partial charge in [0.25, 0.3) is 0 Å². The first kappa shape index (κ1) is 20.9. The van der Waals surface area contributed by atoms with Crippen LogP contribution in [0.3, 0.4) is 0 Å². The van der Waals surface area contributed by atoms with E-state index in [-0.39, 0.29) is 11.2 Å². The lowest BCUT2D eigenvalue weighted by Crippen LogP contribution is -2.30. The van der Waals surface area contributed by atoms with Crippen LogP contribution in [0, 0.1) is 0 Å². The zero-order chi connectivity index (χ0) is 21.6. The number of furan rings is 1. The highest BCUT2D eigenvalue weighted by atomic mass is 32.2. The van der Waals surface area contributed by atoms with Crippen LogP contribution in [0.1, 0.15) is 23.9 Å². The molecule has 158 valence electrons. The predicted molar refractivity (Wildman–Crippen MR) is 121 cm³/mol. The van der Waals surface area contributed by atoms with E-state index in [1.54, 1.807) is 19.4 Å². The molecule has 4 rings (SSSR count). The van der Waals surface area contributed by atoms with Crippen LogP contribution in [0.25, 0.3) is 11.0 Å². The summed E-state index contributed by atoms with van der Waals surface area (Å²) < 4.78 is 10.8. The summed E-state index contributed by atoms with van der Waals surface area (Å²) >= 11 is 1.41. The maximum Gasteiger partial charge on any atom is 0.233 e. The Hall–Kier alpha value is -3.32. The van der Waals surface area contributed by atoms with E-state index in [1.165, 1.54) is 11.8 Å². The molecule has 0 aliphatic heterocycles. The number of nitrogens with zero attached hydrogens (tertiary/aromatic N) is 2. The summed E-state index contributed by atoms with van der Waals surface area (Å²) in [6.45, 7) is 2.22. The lowest BCUT2D eigenvalue weighted by Gasteiger charge is -2.15. The van der Waals surface area contributed by atoms with Crippen LogP contribution < -0.4 is 10.1 Å². The highest BCUT2D eigenvalue weighted by Crippen LogP contribution is 2.30. The molecule has 0 aliphatic carbocycles. The molecule has 1 unspecified atom stereocenters. The highest BCUT2D eigenvalue weighted by Gasteiger charge is 2.20. The molecule has 1 N–H and O–H groups in total. The Labute approximate surface area is 185 Å². The minimum Gasteiger partial charge on any atom is -0.496 e. The van der Waals surface area contributed by atoms with Gasteiger partial charge in [-0.25, -0.2) is 9.97 Å². The van der Waals surface area contributed by atoms with Crippen molar-refractivity contribution in [2.45, 2.75) is 30.2 Å². The second kappa shape index (κ2) is 9.66. The van der Waals surface area contributed by atoms with Gasteiger partial charge in [-0.2, -0.15) is 0 Å². The number of carbonyl (C=O) groups is 1. The van der Waals surface area contributed by atoms with Gasteiger partial charge < -0.3 is 14.5 Å². The number of methoxy groups -OCH3 is 1. The first-order valence-electron chi connectivity index (χ1n) is 9.98. The van der Waals surface area contributed by atoms with Crippen LogP contribution in [-0.4, -0.2) is 28.2 Å². The second-order valence-corrected chi connectivity index (χ2v) is 8.34. The number of nitrogens with one attached hydrogen (secondary N) is 1. The molecule has 0 spiro atoms. The van der Waals surface area contributed by atoms with Gasteiger partial charge in [0.1, 0.15) is 16.5 Å². The van der Waals surface area contributed by atoms with Crippen LogP contribution in [0.2, 0.25) is 0 Å². The van der Waals surface area contributed by atoms with Crippen LogP contribution in [0.4, 0.5) is 0 Å². The summed E-state index contributed by atoms with van der Waals surface area (Å²) in [5, 5.41) is 3.30. The van der Waals surface area contributed by atoms with E-state index in [4.69, 9.17) is 19.1 Å². The van der Waals surface area contributed by atoms with Crippen LogP contribution in [0.15, 0.2) is 76.4 Å². The zero-order valence-electron chi connectivity index (χ0n) is 17.4. The third-order valence-electron chi connectivity index (χ3n) is 4.83. The molecule has 0 bridgehead atoms. The Morgan fingerprint density at radius 3 is 2.55 bits per heavy atom. The molecule has 1 atom stereocenters. The molecular formula is C24H23N3O3S. The fraction of sp³-hybridized carbons (Fsp3) is 0.208. The molecule has 0 saturated carbocycles. The summed E-state index contributed by atoms with van der Waals surface area (Å²) in [4.78, 5) is 22.3. The normalized spacial score (nSPS) is 11.9. The van der Waals surface area contributed by atoms with Crippen LogP contribution in [-0.2, 0) is 17.8 Å². The molecular weight excluding hydrogens is 410 g/mol. The molecule has 0 fully saturated rings. The van der Waals surface area contributed by atoms with Crippen molar-refractivity contribution in [2.75, 3.05) is 7.11 Å². The molecule has 0 aliphatic rings. The van der Waals surface area contributed by atoms with E-state index in [0.29, 0.717) is 18.7 Å². The smallest absolute Gasteiger partial charge is 0.233 e. The van der Waals surface area contributed by atoms with Crippen molar-refractivity contribution in [1.29, 1.82) is 0 Å². The monoisotopic (exact) mass is 433 g/mol.